The molecule has 0 aliphatic heterocycles. The minimum absolute atomic E-state index is 0.380. The standard InChI is InChI=1S/C11H14N2O/c12-11-3-1-2-10(13-11)8-4-6-9(14)7-5-8/h1-3,8H,4-7H2,(H2,12,13). The van der Waals surface area contributed by atoms with Crippen LogP contribution in [-0.4, -0.2) is 10.8 Å². The topological polar surface area (TPSA) is 56.0 Å². The lowest BCUT2D eigenvalue weighted by atomic mass is 9.86. The van der Waals surface area contributed by atoms with Gasteiger partial charge in [-0.25, -0.2) is 4.98 Å². The Hall–Kier alpha value is -1.38. The van der Waals surface area contributed by atoms with E-state index >= 15 is 0 Å². The molecule has 2 N–H and O–H groups in total. The van der Waals surface area contributed by atoms with Crippen LogP contribution < -0.4 is 5.73 Å². The average Bonchev–Trinajstić information content (AvgIpc) is 2.19. The van der Waals surface area contributed by atoms with E-state index in [2.05, 4.69) is 4.98 Å². The number of ketones is 1. The second-order valence-corrected chi connectivity index (χ2v) is 3.80. The van der Waals surface area contributed by atoms with E-state index in [0.29, 0.717) is 30.4 Å². The minimum Gasteiger partial charge on any atom is -0.384 e. The Balaban J connectivity index is 2.12. The third-order valence-electron chi connectivity index (χ3n) is 2.75. The minimum atomic E-state index is 0.380. The summed E-state index contributed by atoms with van der Waals surface area (Å²) < 4.78 is 0. The Morgan fingerprint density at radius 3 is 2.64 bits per heavy atom. The molecule has 1 aromatic rings. The molecule has 1 aliphatic rings. The SMILES string of the molecule is Nc1cccc(C2CCC(=O)CC2)n1. The lowest BCUT2D eigenvalue weighted by molar-refractivity contribution is -0.120. The van der Waals surface area contributed by atoms with Crippen LogP contribution in [0.2, 0.25) is 0 Å². The molecule has 0 bridgehead atoms. The summed E-state index contributed by atoms with van der Waals surface area (Å²) in [6, 6.07) is 5.71. The first-order valence-corrected chi connectivity index (χ1v) is 5.00. The van der Waals surface area contributed by atoms with Crippen LogP contribution in [0.3, 0.4) is 0 Å². The maximum atomic E-state index is 11.1. The molecule has 0 aromatic carbocycles. The van der Waals surface area contributed by atoms with Gasteiger partial charge in [-0.2, -0.15) is 0 Å². The third kappa shape index (κ3) is 1.92. The predicted octanol–water partition coefficient (Wildman–Crippen LogP) is 1.89. The second kappa shape index (κ2) is 3.78. The summed E-state index contributed by atoms with van der Waals surface area (Å²) in [7, 11) is 0. The van der Waals surface area contributed by atoms with Crippen molar-refractivity contribution in [2.75, 3.05) is 5.73 Å². The lowest BCUT2D eigenvalue weighted by Crippen LogP contribution is -2.13. The van der Waals surface area contributed by atoms with Gasteiger partial charge in [0.1, 0.15) is 11.6 Å². The van der Waals surface area contributed by atoms with Crippen molar-refractivity contribution < 1.29 is 4.79 Å². The van der Waals surface area contributed by atoms with E-state index in [1.807, 2.05) is 12.1 Å². The molecule has 1 saturated carbocycles. The van der Waals surface area contributed by atoms with Gasteiger partial charge >= 0.3 is 0 Å². The van der Waals surface area contributed by atoms with E-state index in [1.165, 1.54) is 0 Å². The molecule has 1 aliphatic carbocycles. The summed E-state index contributed by atoms with van der Waals surface area (Å²) in [6.45, 7) is 0. The molecular weight excluding hydrogens is 176 g/mol. The van der Waals surface area contributed by atoms with Gasteiger partial charge in [0.25, 0.3) is 0 Å². The van der Waals surface area contributed by atoms with Gasteiger partial charge in [-0.05, 0) is 25.0 Å². The van der Waals surface area contributed by atoms with Crippen LogP contribution in [0.5, 0.6) is 0 Å². The predicted molar refractivity (Wildman–Crippen MR) is 54.9 cm³/mol. The van der Waals surface area contributed by atoms with Crippen LogP contribution >= 0.6 is 0 Å². The Morgan fingerprint density at radius 1 is 1.29 bits per heavy atom. The Bertz CT molecular complexity index is 339. The molecule has 2 rings (SSSR count). The maximum Gasteiger partial charge on any atom is 0.132 e. The van der Waals surface area contributed by atoms with Gasteiger partial charge in [-0.3, -0.25) is 4.79 Å². The molecular formula is C11H14N2O. The fraction of sp³-hybridized carbons (Fsp3) is 0.455. The fourth-order valence-corrected chi connectivity index (χ4v) is 1.93. The Kier molecular flexibility index (Phi) is 2.48. The van der Waals surface area contributed by atoms with Crippen LogP contribution in [0.25, 0.3) is 0 Å². The first-order valence-electron chi connectivity index (χ1n) is 5.00. The number of Topliss-reactive ketones (excluding diaryl/α,β-unsaturated/α-hetero) is 1. The molecule has 1 aromatic heterocycles. The molecule has 0 unspecified atom stereocenters. The van der Waals surface area contributed by atoms with Crippen LogP contribution in [-0.2, 0) is 4.79 Å². The van der Waals surface area contributed by atoms with Crippen LogP contribution in [0.1, 0.15) is 37.3 Å². The highest BCUT2D eigenvalue weighted by Crippen LogP contribution is 2.30. The Morgan fingerprint density at radius 2 is 2.00 bits per heavy atom. The second-order valence-electron chi connectivity index (χ2n) is 3.80. The van der Waals surface area contributed by atoms with Gasteiger partial charge in [-0.1, -0.05) is 6.07 Å². The van der Waals surface area contributed by atoms with Crippen molar-refractivity contribution in [2.24, 2.45) is 0 Å². The molecule has 3 nitrogen and oxygen atoms in total. The third-order valence-corrected chi connectivity index (χ3v) is 2.75. The van der Waals surface area contributed by atoms with Gasteiger partial charge in [-0.15, -0.1) is 0 Å². The number of aromatic nitrogens is 1. The molecule has 0 atom stereocenters. The zero-order valence-electron chi connectivity index (χ0n) is 8.07. The highest BCUT2D eigenvalue weighted by atomic mass is 16.1. The molecule has 1 heterocycles. The molecule has 3 heteroatoms. The van der Waals surface area contributed by atoms with Crippen LogP contribution in [0, 0.1) is 0 Å². The summed E-state index contributed by atoms with van der Waals surface area (Å²) in [5, 5.41) is 0. The molecule has 0 radical (unpaired) electrons. The van der Waals surface area contributed by atoms with Crippen molar-refractivity contribution in [3.63, 3.8) is 0 Å². The molecule has 1 fully saturated rings. The van der Waals surface area contributed by atoms with E-state index < -0.39 is 0 Å². The average molecular weight is 190 g/mol. The van der Waals surface area contributed by atoms with Crippen molar-refractivity contribution in [1.82, 2.24) is 4.98 Å². The highest BCUT2D eigenvalue weighted by Gasteiger charge is 2.20. The number of nitrogens with two attached hydrogens (primary N) is 1. The first kappa shape index (κ1) is 9.19. The van der Waals surface area contributed by atoms with Crippen LogP contribution in [0.4, 0.5) is 5.82 Å². The quantitative estimate of drug-likeness (QED) is 0.735. The summed E-state index contributed by atoms with van der Waals surface area (Å²) in [5.41, 5.74) is 6.65. The van der Waals surface area contributed by atoms with Gasteiger partial charge < -0.3 is 5.73 Å². The van der Waals surface area contributed by atoms with Gasteiger partial charge in [0.2, 0.25) is 0 Å². The number of rotatable bonds is 1. The largest absolute Gasteiger partial charge is 0.384 e. The summed E-state index contributed by atoms with van der Waals surface area (Å²) in [4.78, 5) is 15.4. The highest BCUT2D eigenvalue weighted by molar-refractivity contribution is 5.79. The molecule has 0 amide bonds. The van der Waals surface area contributed by atoms with Crippen molar-refractivity contribution in [3.8, 4) is 0 Å². The van der Waals surface area contributed by atoms with E-state index in [0.717, 1.165) is 18.5 Å². The molecule has 0 spiro atoms. The zero-order chi connectivity index (χ0) is 9.97. The number of pyridine rings is 1. The maximum absolute atomic E-state index is 11.1. The summed E-state index contributed by atoms with van der Waals surface area (Å²) >= 11 is 0. The number of nitrogen functional groups attached to an aromatic ring is 1. The van der Waals surface area contributed by atoms with E-state index in [1.54, 1.807) is 6.07 Å². The number of carbonyl (C=O) groups is 1. The van der Waals surface area contributed by atoms with E-state index in [9.17, 15) is 4.79 Å². The fourth-order valence-electron chi connectivity index (χ4n) is 1.93. The normalized spacial score (nSPS) is 18.4. The number of anilines is 1. The van der Waals surface area contributed by atoms with Gasteiger partial charge in [0.15, 0.2) is 0 Å². The lowest BCUT2D eigenvalue weighted by Gasteiger charge is -2.20. The number of hydrogen-bond donors (Lipinski definition) is 1. The zero-order valence-corrected chi connectivity index (χ0v) is 8.07. The first-order chi connectivity index (χ1) is 6.75. The summed E-state index contributed by atoms with van der Waals surface area (Å²) in [6.07, 6.45) is 3.24. The number of hydrogen-bond acceptors (Lipinski definition) is 3. The van der Waals surface area contributed by atoms with Gasteiger partial charge in [0.05, 0.1) is 0 Å². The van der Waals surface area contributed by atoms with Crippen molar-refractivity contribution in [3.05, 3.63) is 23.9 Å². The van der Waals surface area contributed by atoms with Crippen LogP contribution in [0.15, 0.2) is 18.2 Å². The number of nitrogens with zero attached hydrogens (tertiary/aromatic N) is 1. The Labute approximate surface area is 83.3 Å². The van der Waals surface area contributed by atoms with Crippen molar-refractivity contribution in [1.29, 1.82) is 0 Å². The summed E-state index contributed by atoms with van der Waals surface area (Å²) in [5.74, 6) is 1.38. The smallest absolute Gasteiger partial charge is 0.132 e. The van der Waals surface area contributed by atoms with Gasteiger partial charge in [0, 0.05) is 24.5 Å². The molecule has 74 valence electrons. The number of carbonyl (C=O) groups excluding carboxylic acids is 1. The van der Waals surface area contributed by atoms with E-state index in [4.69, 9.17) is 5.73 Å². The van der Waals surface area contributed by atoms with E-state index in [-0.39, 0.29) is 0 Å². The monoisotopic (exact) mass is 190 g/mol. The van der Waals surface area contributed by atoms with Crippen molar-refractivity contribution >= 4 is 11.6 Å². The molecule has 14 heavy (non-hydrogen) atoms. The van der Waals surface area contributed by atoms with Crippen molar-refractivity contribution in [2.45, 2.75) is 31.6 Å². The molecule has 0 saturated heterocycles.